The maximum atomic E-state index is 12.7. The molecule has 2 aromatic carbocycles. The van der Waals surface area contributed by atoms with Gasteiger partial charge in [-0.05, 0) is 23.8 Å². The summed E-state index contributed by atoms with van der Waals surface area (Å²) < 4.78 is 11.5. The van der Waals surface area contributed by atoms with Crippen LogP contribution in [0.4, 0.5) is 0 Å². The molecule has 0 radical (unpaired) electrons. The van der Waals surface area contributed by atoms with Gasteiger partial charge in [0.2, 0.25) is 0 Å². The number of hydrogen-bond acceptors (Lipinski definition) is 7. The van der Waals surface area contributed by atoms with Crippen molar-refractivity contribution in [1.82, 2.24) is 10.2 Å². The number of aliphatic hydroxyl groups excluding tert-OH is 1. The minimum Gasteiger partial charge on any atom is -0.509 e. The fourth-order valence-corrected chi connectivity index (χ4v) is 4.88. The quantitative estimate of drug-likeness (QED) is 0.428. The molecule has 1 fully saturated rings. The predicted octanol–water partition coefficient (Wildman–Crippen LogP) is 2.74. The molecule has 0 saturated carbocycles. The lowest BCUT2D eigenvalue weighted by Gasteiger charge is -2.48. The van der Waals surface area contributed by atoms with E-state index in [0.29, 0.717) is 5.75 Å². The first-order valence-electron chi connectivity index (χ1n) is 9.69. The molecule has 32 heavy (non-hydrogen) atoms. The molecule has 10 heteroatoms. The van der Waals surface area contributed by atoms with Gasteiger partial charge in [-0.15, -0.1) is 11.8 Å². The highest BCUT2D eigenvalue weighted by Crippen LogP contribution is 2.40. The molecule has 2 atom stereocenters. The first kappa shape index (κ1) is 22.2. The van der Waals surface area contributed by atoms with Crippen LogP contribution < -0.4 is 10.1 Å². The molecule has 2 aliphatic rings. The minimum atomic E-state index is -0.816. The Bertz CT molecular complexity index is 1080. The second kappa shape index (κ2) is 9.66. The van der Waals surface area contributed by atoms with Crippen LogP contribution in [0.3, 0.4) is 0 Å². The number of amides is 2. The molecule has 2 heterocycles. The van der Waals surface area contributed by atoms with Crippen molar-refractivity contribution in [3.05, 3.63) is 76.1 Å². The summed E-state index contributed by atoms with van der Waals surface area (Å²) in [4.78, 5) is 38.7. The van der Waals surface area contributed by atoms with Gasteiger partial charge in [0.1, 0.15) is 29.5 Å². The van der Waals surface area contributed by atoms with Gasteiger partial charge in [-0.1, -0.05) is 52.3 Å². The van der Waals surface area contributed by atoms with E-state index in [2.05, 4.69) is 21.2 Å². The molecule has 2 amide bonds. The molecule has 0 aliphatic carbocycles. The van der Waals surface area contributed by atoms with E-state index in [0.717, 1.165) is 10.0 Å². The van der Waals surface area contributed by atoms with E-state index in [4.69, 9.17) is 9.47 Å². The van der Waals surface area contributed by atoms with Gasteiger partial charge in [0, 0.05) is 4.47 Å². The van der Waals surface area contributed by atoms with Crippen molar-refractivity contribution in [1.29, 1.82) is 0 Å². The van der Waals surface area contributed by atoms with Crippen LogP contribution in [-0.2, 0) is 25.7 Å². The average Bonchev–Trinajstić information content (AvgIpc) is 2.80. The summed E-state index contributed by atoms with van der Waals surface area (Å²) in [6.45, 7) is -0.242. The minimum absolute atomic E-state index is 0.0173. The third-order valence-corrected chi connectivity index (χ3v) is 6.59. The van der Waals surface area contributed by atoms with Crippen molar-refractivity contribution in [2.75, 3.05) is 12.4 Å². The fourth-order valence-electron chi connectivity index (χ4n) is 3.31. The number of ether oxygens (including phenoxy) is 2. The Morgan fingerprint density at radius 2 is 1.97 bits per heavy atom. The third-order valence-electron chi connectivity index (χ3n) is 4.84. The Balaban J connectivity index is 1.34. The number of aliphatic hydroxyl groups is 1. The number of nitrogens with one attached hydrogen (secondary N) is 1. The molecule has 0 bridgehead atoms. The van der Waals surface area contributed by atoms with Gasteiger partial charge in [0.15, 0.2) is 12.3 Å². The predicted molar refractivity (Wildman–Crippen MR) is 121 cm³/mol. The number of carbonyl (C=O) groups is 3. The van der Waals surface area contributed by atoms with Crippen molar-refractivity contribution in [3.63, 3.8) is 0 Å². The highest BCUT2D eigenvalue weighted by atomic mass is 79.9. The Morgan fingerprint density at radius 1 is 1.19 bits per heavy atom. The van der Waals surface area contributed by atoms with Crippen LogP contribution in [0.5, 0.6) is 5.75 Å². The van der Waals surface area contributed by atoms with Crippen molar-refractivity contribution in [3.8, 4) is 5.75 Å². The zero-order valence-electron chi connectivity index (χ0n) is 16.7. The number of benzene rings is 2. The highest BCUT2D eigenvalue weighted by molar-refractivity contribution is 9.10. The highest BCUT2D eigenvalue weighted by Gasteiger charge is 2.54. The number of halogens is 1. The molecule has 0 spiro atoms. The number of rotatable bonds is 7. The summed E-state index contributed by atoms with van der Waals surface area (Å²) in [7, 11) is 0. The van der Waals surface area contributed by atoms with Gasteiger partial charge in [-0.3, -0.25) is 14.5 Å². The zero-order chi connectivity index (χ0) is 22.7. The lowest BCUT2D eigenvalue weighted by Crippen LogP contribution is -2.70. The van der Waals surface area contributed by atoms with Gasteiger partial charge < -0.3 is 19.9 Å². The van der Waals surface area contributed by atoms with Crippen LogP contribution in [0.25, 0.3) is 0 Å². The Hall–Kier alpha value is -2.98. The van der Waals surface area contributed by atoms with Gasteiger partial charge in [0.25, 0.3) is 11.8 Å². The summed E-state index contributed by atoms with van der Waals surface area (Å²) >= 11 is 4.58. The number of carbonyl (C=O) groups excluding carboxylic acids is 3. The van der Waals surface area contributed by atoms with Gasteiger partial charge in [-0.25, -0.2) is 4.79 Å². The van der Waals surface area contributed by atoms with Gasteiger partial charge in [0.05, 0.1) is 5.75 Å². The normalized spacial score (nSPS) is 19.7. The molecule has 0 aromatic heterocycles. The molecule has 4 rings (SSSR count). The summed E-state index contributed by atoms with van der Waals surface area (Å²) in [6, 6.07) is 15.3. The summed E-state index contributed by atoms with van der Waals surface area (Å²) in [5.41, 5.74) is 0.610. The summed E-state index contributed by atoms with van der Waals surface area (Å²) in [5, 5.41) is 12.4. The van der Waals surface area contributed by atoms with Gasteiger partial charge >= 0.3 is 5.97 Å². The van der Waals surface area contributed by atoms with Crippen LogP contribution in [0.2, 0.25) is 0 Å². The molecule has 1 unspecified atom stereocenters. The Labute approximate surface area is 196 Å². The van der Waals surface area contributed by atoms with Crippen LogP contribution >= 0.6 is 27.7 Å². The van der Waals surface area contributed by atoms with Crippen LogP contribution in [-0.4, -0.2) is 51.6 Å². The number of thioether (sulfide) groups is 1. The molecular formula is C22H19BrN2O6S. The molecule has 2 N–H and O–H groups in total. The summed E-state index contributed by atoms with van der Waals surface area (Å²) in [6.07, 6.45) is 0. The number of hydrogen-bond donors (Lipinski definition) is 2. The molecule has 166 valence electrons. The largest absolute Gasteiger partial charge is 0.509 e. The Morgan fingerprint density at radius 3 is 2.72 bits per heavy atom. The molecular weight excluding hydrogens is 500 g/mol. The first-order valence-corrected chi connectivity index (χ1v) is 11.5. The van der Waals surface area contributed by atoms with E-state index in [9.17, 15) is 19.5 Å². The lowest BCUT2D eigenvalue weighted by atomic mass is 10.0. The van der Waals surface area contributed by atoms with E-state index >= 15 is 0 Å². The Kier molecular flexibility index (Phi) is 6.71. The number of fused-ring (bicyclic) bond motifs is 1. The fraction of sp³-hybridized carbons (Fsp3) is 0.227. The maximum Gasteiger partial charge on any atom is 0.358 e. The van der Waals surface area contributed by atoms with E-state index in [1.165, 1.54) is 16.7 Å². The SMILES string of the molecule is O=C(COc1cccc(Br)c1)NC1C(=O)N2C(C(=O)OCc3ccccc3)=C(O)CS[C@H]12. The van der Waals surface area contributed by atoms with Crippen LogP contribution in [0, 0.1) is 0 Å². The van der Waals surface area contributed by atoms with Gasteiger partial charge in [-0.2, -0.15) is 0 Å². The number of esters is 1. The topological polar surface area (TPSA) is 105 Å². The first-order chi connectivity index (χ1) is 15.4. The van der Waals surface area contributed by atoms with E-state index in [1.54, 1.807) is 30.3 Å². The average molecular weight is 519 g/mol. The monoisotopic (exact) mass is 518 g/mol. The summed E-state index contributed by atoms with van der Waals surface area (Å²) in [5.74, 6) is -1.31. The second-order valence-corrected chi connectivity index (χ2v) is 9.08. The standard InChI is InChI=1S/C22H19BrN2O6S/c23-14-7-4-8-15(9-14)30-11-17(27)24-18-20(28)25-19(16(26)12-32-21(18)25)22(29)31-10-13-5-2-1-3-6-13/h1-9,18,21,26H,10-12H2,(H,24,27)/t18?,21-/m1/s1. The second-order valence-electron chi connectivity index (χ2n) is 7.06. The number of nitrogens with zero attached hydrogens (tertiary/aromatic N) is 1. The molecule has 8 nitrogen and oxygen atoms in total. The smallest absolute Gasteiger partial charge is 0.358 e. The van der Waals surface area contributed by atoms with Crippen LogP contribution in [0.15, 0.2) is 70.5 Å². The molecule has 2 aromatic rings. The van der Waals surface area contributed by atoms with Crippen molar-refractivity contribution in [2.24, 2.45) is 0 Å². The molecule has 2 aliphatic heterocycles. The van der Waals surface area contributed by atoms with Crippen molar-refractivity contribution < 1.29 is 29.0 Å². The van der Waals surface area contributed by atoms with Crippen LogP contribution in [0.1, 0.15) is 5.56 Å². The maximum absolute atomic E-state index is 12.7. The van der Waals surface area contributed by atoms with E-state index in [1.807, 2.05) is 24.3 Å². The van der Waals surface area contributed by atoms with E-state index in [-0.39, 0.29) is 30.4 Å². The number of β-lactam (4-membered cyclic amide) rings is 1. The third kappa shape index (κ3) is 4.76. The molecule has 1 saturated heterocycles. The van der Waals surface area contributed by atoms with Crippen molar-refractivity contribution in [2.45, 2.75) is 18.0 Å². The lowest BCUT2D eigenvalue weighted by molar-refractivity contribution is -0.154. The van der Waals surface area contributed by atoms with E-state index < -0.39 is 29.2 Å². The zero-order valence-corrected chi connectivity index (χ0v) is 19.1. The van der Waals surface area contributed by atoms with Crippen molar-refractivity contribution >= 4 is 45.5 Å².